The van der Waals surface area contributed by atoms with E-state index in [-0.39, 0.29) is 18.3 Å². The molecule has 0 aromatic rings. The summed E-state index contributed by atoms with van der Waals surface area (Å²) in [6.07, 6.45) is 1.19. The second-order valence-corrected chi connectivity index (χ2v) is 4.84. The largest absolute Gasteiger partial charge is 0.481 e. The summed E-state index contributed by atoms with van der Waals surface area (Å²) >= 11 is 0. The molecule has 0 atom stereocenters. The highest BCUT2D eigenvalue weighted by Gasteiger charge is 2.26. The molecule has 5 heteroatoms. The Kier molecular flexibility index (Phi) is 6.03. The van der Waals surface area contributed by atoms with Gasteiger partial charge in [0, 0.05) is 19.4 Å². The third-order valence-electron chi connectivity index (χ3n) is 2.58. The van der Waals surface area contributed by atoms with E-state index in [4.69, 9.17) is 10.2 Å². The molecule has 0 amide bonds. The Morgan fingerprint density at radius 1 is 1.06 bits per heavy atom. The first-order chi connectivity index (χ1) is 7.25. The molecular weight excluding hydrogens is 210 g/mol. The quantitative estimate of drug-likeness (QED) is 0.658. The Morgan fingerprint density at radius 2 is 1.44 bits per heavy atom. The molecule has 0 bridgehead atoms. The molecule has 0 aliphatic carbocycles. The molecule has 0 unspecified atom stereocenters. The number of rotatable bonds is 8. The van der Waals surface area contributed by atoms with E-state index in [0.717, 1.165) is 0 Å². The third-order valence-corrected chi connectivity index (χ3v) is 2.58. The van der Waals surface area contributed by atoms with Crippen LogP contribution in [0, 0.1) is 5.41 Å². The van der Waals surface area contributed by atoms with Crippen LogP contribution < -0.4 is 0 Å². The molecule has 0 saturated carbocycles. The molecule has 0 rings (SSSR count). The van der Waals surface area contributed by atoms with Crippen molar-refractivity contribution in [2.24, 2.45) is 5.41 Å². The molecule has 94 valence electrons. The predicted octanol–water partition coefficient (Wildman–Crippen LogP) is 1.28. The molecule has 0 fully saturated rings. The summed E-state index contributed by atoms with van der Waals surface area (Å²) in [6, 6.07) is 0. The van der Waals surface area contributed by atoms with Gasteiger partial charge >= 0.3 is 11.9 Å². The fourth-order valence-corrected chi connectivity index (χ4v) is 1.86. The van der Waals surface area contributed by atoms with Crippen LogP contribution in [-0.4, -0.2) is 47.7 Å². The standard InChI is InChI=1S/C11H21NO4/c1-11(8-12(2)3,6-4-9(13)14)7-5-10(15)16/h4-8H2,1-3H3,(H,13,14)(H,15,16). The van der Waals surface area contributed by atoms with Crippen LogP contribution in [0.2, 0.25) is 0 Å². The lowest BCUT2D eigenvalue weighted by molar-refractivity contribution is -0.137. The van der Waals surface area contributed by atoms with Crippen molar-refractivity contribution in [1.82, 2.24) is 4.90 Å². The zero-order chi connectivity index (χ0) is 12.8. The number of carboxylic acid groups (broad SMARTS) is 2. The van der Waals surface area contributed by atoms with Crippen LogP contribution in [0.3, 0.4) is 0 Å². The summed E-state index contributed by atoms with van der Waals surface area (Å²) in [6.45, 7) is 2.65. The first kappa shape index (κ1) is 14.9. The second kappa shape index (κ2) is 6.48. The van der Waals surface area contributed by atoms with E-state index in [9.17, 15) is 9.59 Å². The van der Waals surface area contributed by atoms with Gasteiger partial charge in [0.1, 0.15) is 0 Å². The van der Waals surface area contributed by atoms with Gasteiger partial charge in [0.15, 0.2) is 0 Å². The van der Waals surface area contributed by atoms with Crippen molar-refractivity contribution in [1.29, 1.82) is 0 Å². The van der Waals surface area contributed by atoms with Crippen molar-refractivity contribution in [2.75, 3.05) is 20.6 Å². The predicted molar refractivity (Wildman–Crippen MR) is 60.4 cm³/mol. The molecule has 16 heavy (non-hydrogen) atoms. The van der Waals surface area contributed by atoms with Gasteiger partial charge in [0.05, 0.1) is 0 Å². The molecular formula is C11H21NO4. The molecule has 0 aliphatic heterocycles. The number of hydrogen-bond acceptors (Lipinski definition) is 3. The first-order valence-corrected chi connectivity index (χ1v) is 5.33. The summed E-state index contributed by atoms with van der Waals surface area (Å²) in [5.74, 6) is -1.67. The van der Waals surface area contributed by atoms with Gasteiger partial charge in [-0.3, -0.25) is 9.59 Å². The van der Waals surface area contributed by atoms with E-state index in [1.54, 1.807) is 0 Å². The average molecular weight is 231 g/mol. The van der Waals surface area contributed by atoms with Gasteiger partial charge in [-0.1, -0.05) is 6.92 Å². The Morgan fingerprint density at radius 3 is 1.69 bits per heavy atom. The van der Waals surface area contributed by atoms with E-state index < -0.39 is 11.9 Å². The lowest BCUT2D eigenvalue weighted by atomic mass is 9.80. The van der Waals surface area contributed by atoms with Crippen LogP contribution in [0.1, 0.15) is 32.6 Å². The lowest BCUT2D eigenvalue weighted by Gasteiger charge is -2.31. The maximum atomic E-state index is 10.5. The van der Waals surface area contributed by atoms with Gasteiger partial charge in [-0.05, 0) is 32.4 Å². The molecule has 0 heterocycles. The Labute approximate surface area is 96.1 Å². The number of nitrogens with zero attached hydrogens (tertiary/aromatic N) is 1. The minimum Gasteiger partial charge on any atom is -0.481 e. The number of carboxylic acids is 2. The van der Waals surface area contributed by atoms with Crippen LogP contribution >= 0.6 is 0 Å². The average Bonchev–Trinajstić information content (AvgIpc) is 2.11. The van der Waals surface area contributed by atoms with Crippen molar-refractivity contribution >= 4 is 11.9 Å². The van der Waals surface area contributed by atoms with Gasteiger partial charge in [-0.15, -0.1) is 0 Å². The normalized spacial score (nSPS) is 11.8. The van der Waals surface area contributed by atoms with Crippen molar-refractivity contribution < 1.29 is 19.8 Å². The Bertz CT molecular complexity index is 232. The lowest BCUT2D eigenvalue weighted by Crippen LogP contribution is -2.32. The smallest absolute Gasteiger partial charge is 0.303 e. The number of hydrogen-bond donors (Lipinski definition) is 2. The van der Waals surface area contributed by atoms with Gasteiger partial charge in [0.25, 0.3) is 0 Å². The van der Waals surface area contributed by atoms with Crippen LogP contribution in [0.15, 0.2) is 0 Å². The molecule has 0 radical (unpaired) electrons. The van der Waals surface area contributed by atoms with E-state index in [2.05, 4.69) is 0 Å². The first-order valence-electron chi connectivity index (χ1n) is 5.33. The Hall–Kier alpha value is -1.10. The van der Waals surface area contributed by atoms with Gasteiger partial charge in [0.2, 0.25) is 0 Å². The maximum absolute atomic E-state index is 10.5. The minimum atomic E-state index is -0.833. The summed E-state index contributed by atoms with van der Waals surface area (Å²) < 4.78 is 0. The van der Waals surface area contributed by atoms with E-state index in [1.165, 1.54) is 0 Å². The minimum absolute atomic E-state index is 0.0873. The fourth-order valence-electron chi connectivity index (χ4n) is 1.86. The number of aliphatic carboxylic acids is 2. The molecule has 0 aliphatic rings. The highest BCUT2D eigenvalue weighted by atomic mass is 16.4. The van der Waals surface area contributed by atoms with Crippen LogP contribution in [-0.2, 0) is 9.59 Å². The van der Waals surface area contributed by atoms with Crippen molar-refractivity contribution in [3.8, 4) is 0 Å². The SMILES string of the molecule is CN(C)CC(C)(CCC(=O)O)CCC(=O)O. The van der Waals surface area contributed by atoms with Crippen molar-refractivity contribution in [3.63, 3.8) is 0 Å². The van der Waals surface area contributed by atoms with E-state index >= 15 is 0 Å². The monoisotopic (exact) mass is 231 g/mol. The second-order valence-electron chi connectivity index (χ2n) is 4.84. The van der Waals surface area contributed by atoms with Crippen LogP contribution in [0.25, 0.3) is 0 Å². The molecule has 5 nitrogen and oxygen atoms in total. The summed E-state index contributed by atoms with van der Waals surface area (Å²) in [5, 5.41) is 17.3. The zero-order valence-corrected chi connectivity index (χ0v) is 10.2. The molecule has 0 saturated heterocycles. The molecule has 0 aromatic heterocycles. The van der Waals surface area contributed by atoms with Crippen molar-refractivity contribution in [2.45, 2.75) is 32.6 Å². The topological polar surface area (TPSA) is 77.8 Å². The van der Waals surface area contributed by atoms with Gasteiger partial charge in [-0.2, -0.15) is 0 Å². The highest BCUT2D eigenvalue weighted by Crippen LogP contribution is 2.29. The Balaban J connectivity index is 4.34. The molecule has 0 aromatic carbocycles. The van der Waals surface area contributed by atoms with Crippen molar-refractivity contribution in [3.05, 3.63) is 0 Å². The fraction of sp³-hybridized carbons (Fsp3) is 0.818. The summed E-state index contributed by atoms with van der Waals surface area (Å²) in [5.41, 5.74) is -0.250. The van der Waals surface area contributed by atoms with Gasteiger partial charge < -0.3 is 15.1 Å². The maximum Gasteiger partial charge on any atom is 0.303 e. The van der Waals surface area contributed by atoms with E-state index in [0.29, 0.717) is 19.4 Å². The molecule has 2 N–H and O–H groups in total. The molecule has 0 spiro atoms. The highest BCUT2D eigenvalue weighted by molar-refractivity contribution is 5.67. The van der Waals surface area contributed by atoms with Crippen LogP contribution in [0.5, 0.6) is 0 Å². The van der Waals surface area contributed by atoms with Crippen LogP contribution in [0.4, 0.5) is 0 Å². The summed E-state index contributed by atoms with van der Waals surface area (Å²) in [4.78, 5) is 23.0. The third kappa shape index (κ3) is 7.23. The number of carbonyl (C=O) groups is 2. The van der Waals surface area contributed by atoms with E-state index in [1.807, 2.05) is 25.9 Å². The summed E-state index contributed by atoms with van der Waals surface area (Å²) in [7, 11) is 3.81. The van der Waals surface area contributed by atoms with Gasteiger partial charge in [-0.25, -0.2) is 0 Å². The zero-order valence-electron chi connectivity index (χ0n) is 10.2.